The van der Waals surface area contributed by atoms with Crippen LogP contribution in [0.2, 0.25) is 0 Å². The molecule has 104 valence electrons. The predicted octanol–water partition coefficient (Wildman–Crippen LogP) is 2.32. The molecule has 3 heterocycles. The summed E-state index contributed by atoms with van der Waals surface area (Å²) in [5.41, 5.74) is 11.6. The van der Waals surface area contributed by atoms with E-state index in [2.05, 4.69) is 20.6 Å². The molecule has 4 rings (SSSR count). The molecule has 0 spiro atoms. The van der Waals surface area contributed by atoms with Gasteiger partial charge in [0.25, 0.3) is 5.89 Å². The fraction of sp³-hybridized carbons (Fsp3) is 0. The third-order valence-corrected chi connectivity index (χ3v) is 4.16. The molecule has 0 saturated heterocycles. The van der Waals surface area contributed by atoms with E-state index in [0.29, 0.717) is 28.1 Å². The highest BCUT2D eigenvalue weighted by atomic mass is 32.1. The fourth-order valence-corrected chi connectivity index (χ4v) is 3.17. The minimum atomic E-state index is 0.338. The molecule has 7 nitrogen and oxygen atoms in total. The molecule has 0 saturated carbocycles. The molecule has 2 aliphatic rings. The smallest absolute Gasteiger partial charge is 0.252 e. The maximum Gasteiger partial charge on any atom is 0.252 e. The summed E-state index contributed by atoms with van der Waals surface area (Å²) >= 11 is 1.39. The van der Waals surface area contributed by atoms with Crippen LogP contribution in [0.4, 0.5) is 10.9 Å². The molecular formula is C13H10N6OS. The van der Waals surface area contributed by atoms with Gasteiger partial charge in [-0.25, -0.2) is 5.84 Å². The van der Waals surface area contributed by atoms with Gasteiger partial charge in [0, 0.05) is 5.56 Å². The number of hydrogen-bond donors (Lipinski definition) is 3. The van der Waals surface area contributed by atoms with Gasteiger partial charge >= 0.3 is 0 Å². The lowest BCUT2D eigenvalue weighted by Gasteiger charge is -2.07. The van der Waals surface area contributed by atoms with E-state index in [4.69, 9.17) is 16.0 Å². The normalized spacial score (nSPS) is 11.3. The second-order valence-electron chi connectivity index (χ2n) is 4.41. The standard InChI is InChI=1S/C13H10N6OS/c14-10-8-7(6-4-2-1-3-5-6)9-12(16-13(17-15)21-9)20-11(8)19-18-10/h1-5H,15H2,(H2,14,18)(H,16,17). The van der Waals surface area contributed by atoms with Gasteiger partial charge < -0.3 is 10.2 Å². The molecule has 21 heavy (non-hydrogen) atoms. The van der Waals surface area contributed by atoms with E-state index in [1.54, 1.807) is 0 Å². The summed E-state index contributed by atoms with van der Waals surface area (Å²) in [5.74, 6) is 6.14. The van der Waals surface area contributed by atoms with Gasteiger partial charge in [0.2, 0.25) is 10.8 Å². The Balaban J connectivity index is 2.17. The Bertz CT molecular complexity index is 900. The first kappa shape index (κ1) is 12.1. The first-order valence-electron chi connectivity index (χ1n) is 6.15. The second-order valence-corrected chi connectivity index (χ2v) is 5.41. The molecule has 5 N–H and O–H groups in total. The highest BCUT2D eigenvalue weighted by molar-refractivity contribution is 7.22. The van der Waals surface area contributed by atoms with E-state index in [9.17, 15) is 0 Å². The number of nitrogens with zero attached hydrogens (tertiary/aromatic N) is 3. The molecule has 0 unspecified atom stereocenters. The van der Waals surface area contributed by atoms with Crippen molar-refractivity contribution in [2.45, 2.75) is 0 Å². The number of thiazole rings is 1. The zero-order valence-corrected chi connectivity index (χ0v) is 11.5. The first-order chi connectivity index (χ1) is 10.3. The second kappa shape index (κ2) is 4.40. The van der Waals surface area contributed by atoms with Crippen LogP contribution < -0.4 is 17.0 Å². The van der Waals surface area contributed by atoms with Gasteiger partial charge in [-0.2, -0.15) is 4.98 Å². The Morgan fingerprint density at radius 3 is 2.67 bits per heavy atom. The number of hydrogen-bond acceptors (Lipinski definition) is 8. The molecule has 0 atom stereocenters. The van der Waals surface area contributed by atoms with Crippen LogP contribution in [0.5, 0.6) is 0 Å². The predicted molar refractivity (Wildman–Crippen MR) is 81.8 cm³/mol. The molecule has 0 aliphatic carbocycles. The van der Waals surface area contributed by atoms with E-state index in [1.165, 1.54) is 11.3 Å². The van der Waals surface area contributed by atoms with Gasteiger partial charge in [0.15, 0.2) is 5.82 Å². The molecule has 8 heteroatoms. The molecular weight excluding hydrogens is 288 g/mol. The minimum Gasteiger partial charge on any atom is -0.417 e. The topological polar surface area (TPSA) is 116 Å². The van der Waals surface area contributed by atoms with Gasteiger partial charge in [0.1, 0.15) is 4.70 Å². The number of benzene rings is 1. The van der Waals surface area contributed by atoms with Crippen molar-refractivity contribution >= 4 is 32.7 Å². The molecule has 2 aromatic rings. The van der Waals surface area contributed by atoms with Crippen LogP contribution >= 0.6 is 11.3 Å². The highest BCUT2D eigenvalue weighted by Gasteiger charge is 2.25. The van der Waals surface area contributed by atoms with Crippen molar-refractivity contribution in [3.63, 3.8) is 0 Å². The van der Waals surface area contributed by atoms with Gasteiger partial charge in [-0.1, -0.05) is 41.7 Å². The first-order valence-corrected chi connectivity index (χ1v) is 6.97. The molecule has 0 amide bonds. The summed E-state index contributed by atoms with van der Waals surface area (Å²) in [4.78, 5) is 4.28. The van der Waals surface area contributed by atoms with Crippen LogP contribution in [-0.4, -0.2) is 15.2 Å². The fourth-order valence-electron chi connectivity index (χ4n) is 2.30. The van der Waals surface area contributed by atoms with Crippen LogP contribution in [0.15, 0.2) is 34.7 Å². The largest absolute Gasteiger partial charge is 0.417 e. The summed E-state index contributed by atoms with van der Waals surface area (Å²) in [5, 5.41) is 8.42. The Hall–Kier alpha value is -2.71. The monoisotopic (exact) mass is 298 g/mol. The van der Waals surface area contributed by atoms with Crippen LogP contribution in [0, 0.1) is 0 Å². The van der Waals surface area contributed by atoms with E-state index in [1.807, 2.05) is 30.3 Å². The molecule has 2 aliphatic heterocycles. The third-order valence-electron chi connectivity index (χ3n) is 3.17. The SMILES string of the molecule is NNc1nc2oc3nnc(N)c-3c(-c3ccccc3)c2s1. The maximum atomic E-state index is 5.95. The number of anilines is 2. The third kappa shape index (κ3) is 1.73. The number of hydrazine groups is 1. The van der Waals surface area contributed by atoms with Crippen LogP contribution in [-0.2, 0) is 0 Å². The van der Waals surface area contributed by atoms with Crippen molar-refractivity contribution in [3.8, 4) is 22.6 Å². The van der Waals surface area contributed by atoms with Gasteiger partial charge in [-0.15, -0.1) is 10.2 Å². The molecule has 1 aromatic heterocycles. The van der Waals surface area contributed by atoms with Crippen LogP contribution in [0.25, 0.3) is 33.0 Å². The van der Waals surface area contributed by atoms with Crippen molar-refractivity contribution in [1.82, 2.24) is 15.2 Å². The summed E-state index contributed by atoms with van der Waals surface area (Å²) in [6.07, 6.45) is 0. The number of nitrogen functional groups attached to an aromatic ring is 2. The van der Waals surface area contributed by atoms with Crippen molar-refractivity contribution in [3.05, 3.63) is 30.3 Å². The Labute approximate surface area is 122 Å². The van der Waals surface area contributed by atoms with E-state index in [0.717, 1.165) is 15.8 Å². The molecule has 1 aromatic carbocycles. The Morgan fingerprint density at radius 1 is 1.10 bits per heavy atom. The Morgan fingerprint density at radius 2 is 1.90 bits per heavy atom. The van der Waals surface area contributed by atoms with Gasteiger partial charge in [-0.3, -0.25) is 5.43 Å². The number of aromatic nitrogens is 3. The zero-order valence-electron chi connectivity index (χ0n) is 10.7. The quantitative estimate of drug-likeness (QED) is 0.384. The lowest BCUT2D eigenvalue weighted by atomic mass is 10.0. The summed E-state index contributed by atoms with van der Waals surface area (Å²) < 4.78 is 6.51. The number of rotatable bonds is 2. The van der Waals surface area contributed by atoms with Crippen molar-refractivity contribution < 1.29 is 4.42 Å². The molecule has 0 bridgehead atoms. The average molecular weight is 298 g/mol. The summed E-state index contributed by atoms with van der Waals surface area (Å²) in [6.45, 7) is 0. The summed E-state index contributed by atoms with van der Waals surface area (Å²) in [7, 11) is 0. The van der Waals surface area contributed by atoms with E-state index < -0.39 is 0 Å². The van der Waals surface area contributed by atoms with Crippen molar-refractivity contribution in [1.29, 1.82) is 0 Å². The van der Waals surface area contributed by atoms with Crippen LogP contribution in [0.3, 0.4) is 0 Å². The molecule has 0 radical (unpaired) electrons. The summed E-state index contributed by atoms with van der Waals surface area (Å²) in [6, 6.07) is 9.86. The number of nitrogens with one attached hydrogen (secondary N) is 1. The van der Waals surface area contributed by atoms with E-state index in [-0.39, 0.29) is 0 Å². The zero-order chi connectivity index (χ0) is 14.4. The van der Waals surface area contributed by atoms with Crippen molar-refractivity contribution in [2.24, 2.45) is 5.84 Å². The average Bonchev–Trinajstić information content (AvgIpc) is 3.09. The highest BCUT2D eigenvalue weighted by Crippen LogP contribution is 2.44. The number of nitrogens with two attached hydrogens (primary N) is 2. The molecule has 0 fully saturated rings. The minimum absolute atomic E-state index is 0.338. The maximum absolute atomic E-state index is 5.95. The van der Waals surface area contributed by atoms with Crippen LogP contribution in [0.1, 0.15) is 0 Å². The van der Waals surface area contributed by atoms with Gasteiger partial charge in [0.05, 0.1) is 5.56 Å². The van der Waals surface area contributed by atoms with Crippen molar-refractivity contribution in [2.75, 3.05) is 11.2 Å². The lowest BCUT2D eigenvalue weighted by Crippen LogP contribution is -2.05. The Kier molecular flexibility index (Phi) is 2.53. The number of fused-ring (bicyclic) bond motifs is 2. The van der Waals surface area contributed by atoms with E-state index >= 15 is 0 Å². The van der Waals surface area contributed by atoms with Gasteiger partial charge in [-0.05, 0) is 5.56 Å². The lowest BCUT2D eigenvalue weighted by molar-refractivity contribution is 0.588.